The fraction of sp³-hybridized carbons (Fsp3) is 0.562. The van der Waals surface area contributed by atoms with Crippen LogP contribution in [0.1, 0.15) is 33.1 Å². The Labute approximate surface area is 120 Å². The van der Waals surface area contributed by atoms with Crippen molar-refractivity contribution in [3.63, 3.8) is 0 Å². The number of carbonyl (C=O) groups excluding carboxylic acids is 1. The van der Waals surface area contributed by atoms with Crippen LogP contribution in [0.3, 0.4) is 0 Å². The largest absolute Gasteiger partial charge is 0.491 e. The molecule has 20 heavy (non-hydrogen) atoms. The quantitative estimate of drug-likeness (QED) is 0.841. The molecule has 0 aromatic heterocycles. The monoisotopic (exact) mass is 276 g/mol. The first kappa shape index (κ1) is 14.7. The normalized spacial score (nSPS) is 18.6. The Hall–Kier alpha value is -1.71. The maximum atomic E-state index is 12.2. The van der Waals surface area contributed by atoms with Crippen LogP contribution in [-0.2, 0) is 4.79 Å². The Balaban J connectivity index is 1.82. The second-order valence-corrected chi connectivity index (χ2v) is 5.68. The Morgan fingerprint density at radius 1 is 1.45 bits per heavy atom. The molecule has 1 saturated heterocycles. The summed E-state index contributed by atoms with van der Waals surface area (Å²) in [6.45, 7) is 5.62. The van der Waals surface area contributed by atoms with Crippen molar-refractivity contribution in [1.82, 2.24) is 4.90 Å². The summed E-state index contributed by atoms with van der Waals surface area (Å²) >= 11 is 0. The highest BCUT2D eigenvalue weighted by molar-refractivity contribution is 5.77. The van der Waals surface area contributed by atoms with Gasteiger partial charge in [0.1, 0.15) is 5.75 Å². The first-order valence-corrected chi connectivity index (χ1v) is 7.36. The molecule has 1 aromatic carbocycles. The number of nitrogens with zero attached hydrogens (tertiary/aromatic N) is 1. The molecule has 1 unspecified atom stereocenters. The summed E-state index contributed by atoms with van der Waals surface area (Å²) in [7, 11) is 0. The lowest BCUT2D eigenvalue weighted by atomic mass is 10.0. The molecule has 4 heteroatoms. The molecule has 2 N–H and O–H groups in total. The van der Waals surface area contributed by atoms with Gasteiger partial charge < -0.3 is 15.4 Å². The molecule has 2 rings (SSSR count). The highest BCUT2D eigenvalue weighted by atomic mass is 16.5. The minimum atomic E-state index is 0.190. The van der Waals surface area contributed by atoms with Crippen molar-refractivity contribution < 1.29 is 9.53 Å². The third-order valence-corrected chi connectivity index (χ3v) is 3.88. The molecule has 0 saturated carbocycles. The van der Waals surface area contributed by atoms with E-state index < -0.39 is 0 Å². The number of para-hydroxylation sites is 2. The zero-order valence-corrected chi connectivity index (χ0v) is 12.3. The zero-order chi connectivity index (χ0) is 14.5. The van der Waals surface area contributed by atoms with Crippen molar-refractivity contribution in [2.45, 2.75) is 39.2 Å². The van der Waals surface area contributed by atoms with Crippen molar-refractivity contribution in [2.75, 3.05) is 18.9 Å². The standard InChI is InChI=1S/C16H24N2O2/c1-12(2)14-7-5-10-18(14)16(19)9-11-20-15-8-4-3-6-13(15)17/h3-4,6,8,12,14H,5,7,9-11,17H2,1-2H3. The van der Waals surface area contributed by atoms with Gasteiger partial charge in [0.2, 0.25) is 5.91 Å². The second kappa shape index (κ2) is 6.64. The number of hydrogen-bond donors (Lipinski definition) is 1. The third kappa shape index (κ3) is 3.44. The fourth-order valence-electron chi connectivity index (χ4n) is 2.80. The summed E-state index contributed by atoms with van der Waals surface area (Å²) < 4.78 is 5.59. The molecule has 1 aromatic rings. The highest BCUT2D eigenvalue weighted by Gasteiger charge is 2.30. The van der Waals surface area contributed by atoms with Crippen LogP contribution in [0.5, 0.6) is 5.75 Å². The predicted octanol–water partition coefficient (Wildman–Crippen LogP) is 2.68. The van der Waals surface area contributed by atoms with Crippen LogP contribution in [0.4, 0.5) is 5.69 Å². The van der Waals surface area contributed by atoms with E-state index in [9.17, 15) is 4.79 Å². The van der Waals surface area contributed by atoms with Crippen molar-refractivity contribution in [1.29, 1.82) is 0 Å². The molecule has 0 radical (unpaired) electrons. The number of amides is 1. The van der Waals surface area contributed by atoms with Crippen molar-refractivity contribution in [2.24, 2.45) is 5.92 Å². The molecule has 1 heterocycles. The van der Waals surface area contributed by atoms with Gasteiger partial charge >= 0.3 is 0 Å². The van der Waals surface area contributed by atoms with Crippen LogP contribution in [0, 0.1) is 5.92 Å². The topological polar surface area (TPSA) is 55.6 Å². The van der Waals surface area contributed by atoms with Gasteiger partial charge in [0.25, 0.3) is 0 Å². The van der Waals surface area contributed by atoms with Crippen molar-refractivity contribution in [3.05, 3.63) is 24.3 Å². The van der Waals surface area contributed by atoms with E-state index >= 15 is 0 Å². The molecule has 1 aliphatic rings. The van der Waals surface area contributed by atoms with E-state index in [1.807, 2.05) is 23.1 Å². The van der Waals surface area contributed by atoms with E-state index in [1.165, 1.54) is 0 Å². The van der Waals surface area contributed by atoms with Crippen LogP contribution in [0.15, 0.2) is 24.3 Å². The lowest BCUT2D eigenvalue weighted by molar-refractivity contribution is -0.133. The summed E-state index contributed by atoms with van der Waals surface area (Å²) in [4.78, 5) is 14.3. The Bertz CT molecular complexity index is 460. The van der Waals surface area contributed by atoms with Gasteiger partial charge in [0.05, 0.1) is 18.7 Å². The number of likely N-dealkylation sites (tertiary alicyclic amines) is 1. The van der Waals surface area contributed by atoms with E-state index in [2.05, 4.69) is 13.8 Å². The van der Waals surface area contributed by atoms with Gasteiger partial charge in [0, 0.05) is 12.6 Å². The van der Waals surface area contributed by atoms with Gasteiger partial charge in [-0.05, 0) is 30.9 Å². The molecule has 0 aliphatic carbocycles. The van der Waals surface area contributed by atoms with E-state index in [4.69, 9.17) is 10.5 Å². The Morgan fingerprint density at radius 3 is 2.90 bits per heavy atom. The lowest BCUT2D eigenvalue weighted by Gasteiger charge is -2.27. The summed E-state index contributed by atoms with van der Waals surface area (Å²) in [5.41, 5.74) is 6.41. The number of nitrogen functional groups attached to an aromatic ring is 1. The van der Waals surface area contributed by atoms with E-state index in [0.717, 1.165) is 19.4 Å². The maximum Gasteiger partial charge on any atom is 0.226 e. The van der Waals surface area contributed by atoms with Crippen LogP contribution in [-0.4, -0.2) is 30.0 Å². The van der Waals surface area contributed by atoms with Crippen LogP contribution < -0.4 is 10.5 Å². The predicted molar refractivity (Wildman–Crippen MR) is 80.5 cm³/mol. The molecule has 1 atom stereocenters. The van der Waals surface area contributed by atoms with Gasteiger partial charge in [-0.25, -0.2) is 0 Å². The maximum absolute atomic E-state index is 12.2. The van der Waals surface area contributed by atoms with E-state index in [-0.39, 0.29) is 5.91 Å². The smallest absolute Gasteiger partial charge is 0.226 e. The Kier molecular flexibility index (Phi) is 4.88. The van der Waals surface area contributed by atoms with Gasteiger partial charge in [-0.3, -0.25) is 4.79 Å². The molecule has 1 aliphatic heterocycles. The lowest BCUT2D eigenvalue weighted by Crippen LogP contribution is -2.39. The molecule has 1 amide bonds. The van der Waals surface area contributed by atoms with E-state index in [0.29, 0.717) is 36.4 Å². The number of benzene rings is 1. The van der Waals surface area contributed by atoms with Gasteiger partial charge in [-0.15, -0.1) is 0 Å². The fourth-order valence-corrected chi connectivity index (χ4v) is 2.80. The molecule has 0 bridgehead atoms. The average Bonchev–Trinajstić information content (AvgIpc) is 2.90. The third-order valence-electron chi connectivity index (χ3n) is 3.88. The minimum absolute atomic E-state index is 0.190. The zero-order valence-electron chi connectivity index (χ0n) is 12.3. The van der Waals surface area contributed by atoms with Crippen molar-refractivity contribution >= 4 is 11.6 Å². The molecular weight excluding hydrogens is 252 g/mol. The number of ether oxygens (including phenoxy) is 1. The molecule has 0 spiro atoms. The van der Waals surface area contributed by atoms with Gasteiger partial charge in [-0.1, -0.05) is 26.0 Å². The average molecular weight is 276 g/mol. The number of hydrogen-bond acceptors (Lipinski definition) is 3. The molecule has 4 nitrogen and oxygen atoms in total. The molecular formula is C16H24N2O2. The molecule has 110 valence electrons. The van der Waals surface area contributed by atoms with Gasteiger partial charge in [-0.2, -0.15) is 0 Å². The van der Waals surface area contributed by atoms with Crippen molar-refractivity contribution in [3.8, 4) is 5.75 Å². The second-order valence-electron chi connectivity index (χ2n) is 5.68. The summed E-state index contributed by atoms with van der Waals surface area (Å²) in [6, 6.07) is 7.76. The number of rotatable bonds is 5. The Morgan fingerprint density at radius 2 is 2.20 bits per heavy atom. The van der Waals surface area contributed by atoms with Gasteiger partial charge in [0.15, 0.2) is 0 Å². The minimum Gasteiger partial charge on any atom is -0.491 e. The molecule has 1 fully saturated rings. The summed E-state index contributed by atoms with van der Waals surface area (Å²) in [6.07, 6.45) is 2.65. The summed E-state index contributed by atoms with van der Waals surface area (Å²) in [5.74, 6) is 1.37. The van der Waals surface area contributed by atoms with E-state index in [1.54, 1.807) is 6.07 Å². The number of nitrogens with two attached hydrogens (primary N) is 1. The number of anilines is 1. The first-order valence-electron chi connectivity index (χ1n) is 7.36. The van der Waals surface area contributed by atoms with Crippen LogP contribution in [0.2, 0.25) is 0 Å². The number of carbonyl (C=O) groups is 1. The summed E-state index contributed by atoms with van der Waals surface area (Å²) in [5, 5.41) is 0. The van der Waals surface area contributed by atoms with Crippen LogP contribution >= 0.6 is 0 Å². The first-order chi connectivity index (χ1) is 9.59. The van der Waals surface area contributed by atoms with Crippen LogP contribution in [0.25, 0.3) is 0 Å². The highest BCUT2D eigenvalue weighted by Crippen LogP contribution is 2.25. The SMILES string of the molecule is CC(C)C1CCCN1C(=O)CCOc1ccccc1N.